The molecule has 0 radical (unpaired) electrons. The predicted molar refractivity (Wildman–Crippen MR) is 76.1 cm³/mol. The highest BCUT2D eigenvalue weighted by Gasteiger charge is 2.41. The van der Waals surface area contributed by atoms with Gasteiger partial charge in [0.05, 0.1) is 6.61 Å². The van der Waals surface area contributed by atoms with Crippen LogP contribution in [0.2, 0.25) is 0 Å². The lowest BCUT2D eigenvalue weighted by Crippen LogP contribution is -2.56. The lowest BCUT2D eigenvalue weighted by atomic mass is 9.78. The standard InChI is InChI=1S/C16H23NO2/c1-3-11-17-16(15(18)19-4-2)10-9-13-7-5-6-8-14(13)12-16/h5-8,17H,3-4,9-12H2,1-2H3. The van der Waals surface area contributed by atoms with Crippen molar-refractivity contribution in [1.29, 1.82) is 0 Å². The van der Waals surface area contributed by atoms with E-state index in [1.54, 1.807) is 0 Å². The summed E-state index contributed by atoms with van der Waals surface area (Å²) in [4.78, 5) is 12.4. The number of hydrogen-bond acceptors (Lipinski definition) is 3. The lowest BCUT2D eigenvalue weighted by molar-refractivity contribution is -0.151. The van der Waals surface area contributed by atoms with Gasteiger partial charge in [-0.05, 0) is 43.9 Å². The van der Waals surface area contributed by atoms with E-state index in [4.69, 9.17) is 4.74 Å². The fourth-order valence-corrected chi connectivity index (χ4v) is 2.77. The molecule has 0 amide bonds. The molecule has 0 heterocycles. The minimum Gasteiger partial charge on any atom is -0.465 e. The maximum Gasteiger partial charge on any atom is 0.326 e. The molecule has 0 saturated carbocycles. The molecule has 1 atom stereocenters. The van der Waals surface area contributed by atoms with E-state index >= 15 is 0 Å². The molecule has 1 aromatic carbocycles. The third-order valence-electron chi connectivity index (χ3n) is 3.81. The van der Waals surface area contributed by atoms with Gasteiger partial charge in [-0.2, -0.15) is 0 Å². The minimum atomic E-state index is -0.527. The van der Waals surface area contributed by atoms with E-state index in [9.17, 15) is 4.79 Å². The molecule has 1 aliphatic carbocycles. The van der Waals surface area contributed by atoms with Gasteiger partial charge in [0.2, 0.25) is 0 Å². The second-order valence-corrected chi connectivity index (χ2v) is 5.17. The molecule has 0 fully saturated rings. The zero-order chi connectivity index (χ0) is 13.7. The Hall–Kier alpha value is -1.35. The number of carbonyl (C=O) groups is 1. The van der Waals surface area contributed by atoms with Crippen LogP contribution in [0.15, 0.2) is 24.3 Å². The zero-order valence-electron chi connectivity index (χ0n) is 11.9. The van der Waals surface area contributed by atoms with Crippen molar-refractivity contribution in [3.05, 3.63) is 35.4 Å². The smallest absolute Gasteiger partial charge is 0.326 e. The highest BCUT2D eigenvalue weighted by Crippen LogP contribution is 2.30. The van der Waals surface area contributed by atoms with Crippen molar-refractivity contribution in [3.63, 3.8) is 0 Å². The lowest BCUT2D eigenvalue weighted by Gasteiger charge is -2.36. The first-order chi connectivity index (χ1) is 9.22. The van der Waals surface area contributed by atoms with E-state index in [1.807, 2.05) is 13.0 Å². The van der Waals surface area contributed by atoms with Crippen LogP contribution in [0.4, 0.5) is 0 Å². The van der Waals surface area contributed by atoms with Gasteiger partial charge in [-0.25, -0.2) is 0 Å². The number of hydrogen-bond donors (Lipinski definition) is 1. The first-order valence-corrected chi connectivity index (χ1v) is 7.21. The molecule has 0 saturated heterocycles. The van der Waals surface area contributed by atoms with Gasteiger partial charge < -0.3 is 10.1 Å². The van der Waals surface area contributed by atoms with Gasteiger partial charge in [0, 0.05) is 6.42 Å². The van der Waals surface area contributed by atoms with Crippen LogP contribution in [0.5, 0.6) is 0 Å². The Kier molecular flexibility index (Phi) is 4.59. The zero-order valence-corrected chi connectivity index (χ0v) is 11.9. The summed E-state index contributed by atoms with van der Waals surface area (Å²) in [5.41, 5.74) is 2.10. The molecule has 1 unspecified atom stereocenters. The van der Waals surface area contributed by atoms with Crippen LogP contribution in [0.25, 0.3) is 0 Å². The largest absolute Gasteiger partial charge is 0.465 e. The summed E-state index contributed by atoms with van der Waals surface area (Å²) in [6.45, 7) is 5.27. The molecular weight excluding hydrogens is 238 g/mol. The van der Waals surface area contributed by atoms with Crippen molar-refractivity contribution in [2.45, 2.75) is 45.1 Å². The van der Waals surface area contributed by atoms with E-state index in [0.717, 1.165) is 32.2 Å². The number of aryl methyl sites for hydroxylation is 1. The first kappa shape index (κ1) is 14.1. The number of esters is 1. The highest BCUT2D eigenvalue weighted by molar-refractivity contribution is 5.82. The monoisotopic (exact) mass is 261 g/mol. The molecule has 1 aromatic rings. The van der Waals surface area contributed by atoms with Crippen LogP contribution < -0.4 is 5.32 Å². The Balaban J connectivity index is 2.23. The number of carbonyl (C=O) groups excluding carboxylic acids is 1. The number of nitrogens with one attached hydrogen (secondary N) is 1. The van der Waals surface area contributed by atoms with Crippen molar-refractivity contribution in [2.24, 2.45) is 0 Å². The fourth-order valence-electron chi connectivity index (χ4n) is 2.77. The molecule has 19 heavy (non-hydrogen) atoms. The Morgan fingerprint density at radius 3 is 2.74 bits per heavy atom. The molecule has 0 aromatic heterocycles. The minimum absolute atomic E-state index is 0.0991. The van der Waals surface area contributed by atoms with Crippen LogP contribution >= 0.6 is 0 Å². The van der Waals surface area contributed by atoms with Crippen molar-refractivity contribution >= 4 is 5.97 Å². The topological polar surface area (TPSA) is 38.3 Å². The average molecular weight is 261 g/mol. The molecule has 0 spiro atoms. The van der Waals surface area contributed by atoms with E-state index in [2.05, 4.69) is 30.4 Å². The highest BCUT2D eigenvalue weighted by atomic mass is 16.5. The van der Waals surface area contributed by atoms with Crippen LogP contribution in [-0.2, 0) is 22.4 Å². The maximum atomic E-state index is 12.4. The number of ether oxygens (including phenoxy) is 1. The van der Waals surface area contributed by atoms with Crippen LogP contribution in [-0.4, -0.2) is 24.7 Å². The van der Waals surface area contributed by atoms with Crippen molar-refractivity contribution in [1.82, 2.24) is 5.32 Å². The summed E-state index contributed by atoms with van der Waals surface area (Å²) in [7, 11) is 0. The second-order valence-electron chi connectivity index (χ2n) is 5.17. The molecule has 0 bridgehead atoms. The van der Waals surface area contributed by atoms with E-state index in [0.29, 0.717) is 6.61 Å². The van der Waals surface area contributed by atoms with E-state index < -0.39 is 5.54 Å². The van der Waals surface area contributed by atoms with Crippen LogP contribution in [0.3, 0.4) is 0 Å². The SMILES string of the molecule is CCCNC1(C(=O)OCC)CCc2ccccc2C1. The Morgan fingerprint density at radius 2 is 2.05 bits per heavy atom. The second kappa shape index (κ2) is 6.20. The van der Waals surface area contributed by atoms with Gasteiger partial charge >= 0.3 is 5.97 Å². The summed E-state index contributed by atoms with van der Waals surface area (Å²) >= 11 is 0. The Morgan fingerprint density at radius 1 is 1.32 bits per heavy atom. The molecule has 104 valence electrons. The van der Waals surface area contributed by atoms with Gasteiger partial charge in [-0.3, -0.25) is 4.79 Å². The van der Waals surface area contributed by atoms with Crippen molar-refractivity contribution in [3.8, 4) is 0 Å². The predicted octanol–water partition coefficient (Wildman–Crippen LogP) is 2.48. The molecule has 3 nitrogen and oxygen atoms in total. The maximum absolute atomic E-state index is 12.4. The average Bonchev–Trinajstić information content (AvgIpc) is 2.45. The van der Waals surface area contributed by atoms with Gasteiger partial charge in [0.25, 0.3) is 0 Å². The fraction of sp³-hybridized carbons (Fsp3) is 0.562. The third-order valence-corrected chi connectivity index (χ3v) is 3.81. The van der Waals surface area contributed by atoms with Crippen molar-refractivity contribution < 1.29 is 9.53 Å². The summed E-state index contributed by atoms with van der Waals surface area (Å²) in [6.07, 6.45) is 3.51. The van der Waals surface area contributed by atoms with E-state index in [1.165, 1.54) is 11.1 Å². The Labute approximate surface area is 115 Å². The summed E-state index contributed by atoms with van der Waals surface area (Å²) in [5, 5.41) is 3.44. The number of benzene rings is 1. The van der Waals surface area contributed by atoms with E-state index in [-0.39, 0.29) is 5.97 Å². The molecular formula is C16H23NO2. The normalized spacial score (nSPS) is 21.8. The van der Waals surface area contributed by atoms with Gasteiger partial charge in [-0.1, -0.05) is 31.2 Å². The summed E-state index contributed by atoms with van der Waals surface area (Å²) in [6, 6.07) is 8.38. The summed E-state index contributed by atoms with van der Waals surface area (Å²) in [5.74, 6) is -0.0991. The van der Waals surface area contributed by atoms with Crippen molar-refractivity contribution in [2.75, 3.05) is 13.2 Å². The van der Waals surface area contributed by atoms with Gasteiger partial charge in [0.15, 0.2) is 0 Å². The molecule has 0 aliphatic heterocycles. The van der Waals surface area contributed by atoms with Gasteiger partial charge in [0.1, 0.15) is 5.54 Å². The number of rotatable bonds is 5. The third kappa shape index (κ3) is 2.98. The first-order valence-electron chi connectivity index (χ1n) is 7.21. The molecule has 2 rings (SSSR count). The molecule has 3 heteroatoms. The number of fused-ring (bicyclic) bond motifs is 1. The van der Waals surface area contributed by atoms with Gasteiger partial charge in [-0.15, -0.1) is 0 Å². The van der Waals surface area contributed by atoms with Crippen LogP contribution in [0, 0.1) is 0 Å². The Bertz CT molecular complexity index is 444. The van der Waals surface area contributed by atoms with Crippen LogP contribution in [0.1, 0.15) is 37.8 Å². The molecule has 1 N–H and O–H groups in total. The quantitative estimate of drug-likeness (QED) is 0.828. The summed E-state index contributed by atoms with van der Waals surface area (Å²) < 4.78 is 5.30. The molecule has 1 aliphatic rings.